The molecular weight excluding hydrogens is 272 g/mol. The zero-order chi connectivity index (χ0) is 14.4. The molecule has 0 bridgehead atoms. The van der Waals surface area contributed by atoms with E-state index in [4.69, 9.17) is 0 Å². The quantitative estimate of drug-likeness (QED) is 0.765. The number of carbonyl (C=O) groups is 1. The van der Waals surface area contributed by atoms with Crippen LogP contribution in [-0.2, 0) is 4.79 Å². The van der Waals surface area contributed by atoms with Crippen LogP contribution in [0.5, 0.6) is 0 Å². The summed E-state index contributed by atoms with van der Waals surface area (Å²) in [6, 6.07) is 9.51. The highest BCUT2D eigenvalue weighted by atomic mass is 32.1. The van der Waals surface area contributed by atoms with Crippen LogP contribution >= 0.6 is 11.3 Å². The third kappa shape index (κ3) is 4.16. The van der Waals surface area contributed by atoms with Crippen molar-refractivity contribution in [2.24, 2.45) is 0 Å². The predicted molar refractivity (Wildman–Crippen MR) is 82.0 cm³/mol. The predicted octanol–water partition coefficient (Wildman–Crippen LogP) is 2.32. The fourth-order valence-electron chi connectivity index (χ4n) is 1.81. The Morgan fingerprint density at radius 2 is 2.15 bits per heavy atom. The summed E-state index contributed by atoms with van der Waals surface area (Å²) in [6.45, 7) is 2.48. The number of thiophene rings is 1. The molecule has 0 saturated carbocycles. The van der Waals surface area contributed by atoms with Crippen molar-refractivity contribution in [1.29, 1.82) is 0 Å². The van der Waals surface area contributed by atoms with Crippen molar-refractivity contribution >= 4 is 22.9 Å². The summed E-state index contributed by atoms with van der Waals surface area (Å²) in [4.78, 5) is 11.8. The number of aliphatic hydroxyl groups is 1. The molecule has 1 amide bonds. The van der Waals surface area contributed by atoms with Crippen molar-refractivity contribution in [3.63, 3.8) is 0 Å². The van der Waals surface area contributed by atoms with Crippen LogP contribution in [0.15, 0.2) is 41.1 Å². The molecule has 1 unspecified atom stereocenters. The minimum Gasteiger partial charge on any atom is -0.387 e. The molecule has 1 aromatic carbocycles. The molecule has 1 atom stereocenters. The monoisotopic (exact) mass is 290 g/mol. The summed E-state index contributed by atoms with van der Waals surface area (Å²) < 4.78 is 0. The average Bonchev–Trinajstić information content (AvgIpc) is 2.95. The molecule has 0 aliphatic rings. The molecule has 2 rings (SSSR count). The van der Waals surface area contributed by atoms with Crippen LogP contribution in [0, 0.1) is 6.92 Å². The van der Waals surface area contributed by atoms with Gasteiger partial charge in [0.2, 0.25) is 5.91 Å². The van der Waals surface area contributed by atoms with Gasteiger partial charge in [-0.15, -0.1) is 0 Å². The molecule has 0 aliphatic heterocycles. The number of para-hydroxylation sites is 1. The summed E-state index contributed by atoms with van der Waals surface area (Å²) in [6.07, 6.45) is -0.576. The standard InChI is InChI=1S/C15H18N2O2S/c1-11-4-2-3-5-13(11)17-15(19)9-16-8-14(18)12-6-7-20-10-12/h2-7,10,14,16,18H,8-9H2,1H3,(H,17,19). The molecule has 106 valence electrons. The van der Waals surface area contributed by atoms with Crippen molar-refractivity contribution in [2.45, 2.75) is 13.0 Å². The lowest BCUT2D eigenvalue weighted by Gasteiger charge is -2.11. The highest BCUT2D eigenvalue weighted by Crippen LogP contribution is 2.15. The van der Waals surface area contributed by atoms with Gasteiger partial charge in [-0.1, -0.05) is 18.2 Å². The SMILES string of the molecule is Cc1ccccc1NC(=O)CNCC(O)c1ccsc1. The number of carbonyl (C=O) groups excluding carboxylic acids is 1. The second-order valence-electron chi connectivity index (χ2n) is 4.57. The van der Waals surface area contributed by atoms with E-state index in [1.807, 2.05) is 48.0 Å². The number of anilines is 1. The van der Waals surface area contributed by atoms with E-state index in [0.29, 0.717) is 6.54 Å². The zero-order valence-electron chi connectivity index (χ0n) is 11.3. The molecule has 0 radical (unpaired) electrons. The van der Waals surface area contributed by atoms with E-state index in [2.05, 4.69) is 10.6 Å². The number of benzene rings is 1. The van der Waals surface area contributed by atoms with Gasteiger partial charge in [-0.25, -0.2) is 0 Å². The van der Waals surface area contributed by atoms with Crippen molar-refractivity contribution < 1.29 is 9.90 Å². The Kier molecular flexibility index (Phi) is 5.29. The summed E-state index contributed by atoms with van der Waals surface area (Å²) in [5.41, 5.74) is 2.72. The first-order chi connectivity index (χ1) is 9.66. The van der Waals surface area contributed by atoms with Gasteiger partial charge in [0.15, 0.2) is 0 Å². The second kappa shape index (κ2) is 7.19. The van der Waals surface area contributed by atoms with Gasteiger partial charge in [0.25, 0.3) is 0 Å². The van der Waals surface area contributed by atoms with Gasteiger partial charge in [0.05, 0.1) is 12.6 Å². The van der Waals surface area contributed by atoms with Crippen LogP contribution in [0.2, 0.25) is 0 Å². The molecule has 0 spiro atoms. The van der Waals surface area contributed by atoms with Crippen molar-refractivity contribution in [3.05, 3.63) is 52.2 Å². The van der Waals surface area contributed by atoms with Crippen molar-refractivity contribution in [3.8, 4) is 0 Å². The Balaban J connectivity index is 1.74. The highest BCUT2D eigenvalue weighted by Gasteiger charge is 2.09. The lowest BCUT2D eigenvalue weighted by atomic mass is 10.2. The first kappa shape index (κ1) is 14.7. The summed E-state index contributed by atoms with van der Waals surface area (Å²) in [5.74, 6) is -0.114. The third-order valence-corrected chi connectivity index (χ3v) is 3.67. The largest absolute Gasteiger partial charge is 0.387 e. The molecule has 20 heavy (non-hydrogen) atoms. The smallest absolute Gasteiger partial charge is 0.238 e. The molecule has 0 fully saturated rings. The number of aryl methyl sites for hydroxylation is 1. The Hall–Kier alpha value is -1.69. The summed E-state index contributed by atoms with van der Waals surface area (Å²) >= 11 is 1.54. The van der Waals surface area contributed by atoms with Crippen LogP contribution in [0.1, 0.15) is 17.2 Å². The van der Waals surface area contributed by atoms with Crippen molar-refractivity contribution in [2.75, 3.05) is 18.4 Å². The Morgan fingerprint density at radius 1 is 1.35 bits per heavy atom. The Labute approximate surface area is 122 Å². The first-order valence-electron chi connectivity index (χ1n) is 6.43. The molecule has 4 nitrogen and oxygen atoms in total. The summed E-state index contributed by atoms with van der Waals surface area (Å²) in [7, 11) is 0. The number of aliphatic hydroxyl groups excluding tert-OH is 1. The number of nitrogens with one attached hydrogen (secondary N) is 2. The third-order valence-electron chi connectivity index (χ3n) is 2.97. The van der Waals surface area contributed by atoms with Gasteiger partial charge in [0.1, 0.15) is 0 Å². The van der Waals surface area contributed by atoms with Gasteiger partial charge in [0, 0.05) is 12.2 Å². The molecule has 1 aromatic heterocycles. The number of amides is 1. The molecule has 1 heterocycles. The van der Waals surface area contributed by atoms with E-state index in [9.17, 15) is 9.90 Å². The maximum Gasteiger partial charge on any atom is 0.238 e. The molecule has 5 heteroatoms. The lowest BCUT2D eigenvalue weighted by molar-refractivity contribution is -0.115. The molecular formula is C15H18N2O2S. The maximum absolute atomic E-state index is 11.8. The van der Waals surface area contributed by atoms with E-state index in [1.165, 1.54) is 0 Å². The molecule has 0 aliphatic carbocycles. The average molecular weight is 290 g/mol. The highest BCUT2D eigenvalue weighted by molar-refractivity contribution is 7.07. The Morgan fingerprint density at radius 3 is 2.85 bits per heavy atom. The van der Waals surface area contributed by atoms with Gasteiger partial charge >= 0.3 is 0 Å². The maximum atomic E-state index is 11.8. The van der Waals surface area contributed by atoms with E-state index in [-0.39, 0.29) is 12.5 Å². The van der Waals surface area contributed by atoms with Crippen LogP contribution in [-0.4, -0.2) is 24.1 Å². The lowest BCUT2D eigenvalue weighted by Crippen LogP contribution is -2.31. The van der Waals surface area contributed by atoms with Crippen molar-refractivity contribution in [1.82, 2.24) is 5.32 Å². The van der Waals surface area contributed by atoms with Gasteiger partial charge in [-0.3, -0.25) is 4.79 Å². The topological polar surface area (TPSA) is 61.4 Å². The fourth-order valence-corrected chi connectivity index (χ4v) is 2.52. The van der Waals surface area contributed by atoms with Crippen LogP contribution < -0.4 is 10.6 Å². The number of hydrogen-bond acceptors (Lipinski definition) is 4. The van der Waals surface area contributed by atoms with E-state index in [1.54, 1.807) is 11.3 Å². The van der Waals surface area contributed by atoms with Gasteiger partial charge < -0.3 is 15.7 Å². The van der Waals surface area contributed by atoms with E-state index >= 15 is 0 Å². The number of rotatable bonds is 6. The second-order valence-corrected chi connectivity index (χ2v) is 5.35. The first-order valence-corrected chi connectivity index (χ1v) is 7.37. The number of hydrogen-bond donors (Lipinski definition) is 3. The minimum atomic E-state index is -0.576. The van der Waals surface area contributed by atoms with Gasteiger partial charge in [-0.2, -0.15) is 11.3 Å². The normalized spacial score (nSPS) is 12.1. The summed E-state index contributed by atoms with van der Waals surface area (Å²) in [5, 5.41) is 19.5. The van der Waals surface area contributed by atoms with Gasteiger partial charge in [-0.05, 0) is 40.9 Å². The Bertz CT molecular complexity index is 555. The molecule has 0 saturated heterocycles. The molecule has 3 N–H and O–H groups in total. The van der Waals surface area contributed by atoms with Crippen LogP contribution in [0.4, 0.5) is 5.69 Å². The van der Waals surface area contributed by atoms with E-state index in [0.717, 1.165) is 16.8 Å². The van der Waals surface area contributed by atoms with Crippen LogP contribution in [0.25, 0.3) is 0 Å². The fraction of sp³-hybridized carbons (Fsp3) is 0.267. The molecule has 2 aromatic rings. The van der Waals surface area contributed by atoms with Crippen LogP contribution in [0.3, 0.4) is 0 Å². The zero-order valence-corrected chi connectivity index (χ0v) is 12.1. The van der Waals surface area contributed by atoms with E-state index < -0.39 is 6.10 Å². The minimum absolute atomic E-state index is 0.114.